The van der Waals surface area contributed by atoms with E-state index in [1.54, 1.807) is 0 Å². The summed E-state index contributed by atoms with van der Waals surface area (Å²) in [6.07, 6.45) is 0. The number of nitrogens with zero attached hydrogens (tertiary/aromatic N) is 2. The van der Waals surface area contributed by atoms with Gasteiger partial charge in [0.2, 0.25) is 5.91 Å². The fraction of sp³-hybridized carbons (Fsp3) is 0.250. The highest BCUT2D eigenvalue weighted by Crippen LogP contribution is 2.17. The summed E-state index contributed by atoms with van der Waals surface area (Å²) in [4.78, 5) is 23.8. The van der Waals surface area contributed by atoms with Gasteiger partial charge in [0.1, 0.15) is 0 Å². The number of amides is 3. The van der Waals surface area contributed by atoms with Crippen LogP contribution in [0.4, 0.5) is 4.79 Å². The van der Waals surface area contributed by atoms with Crippen LogP contribution in [-0.4, -0.2) is 29.9 Å². The predicted octanol–water partition coefficient (Wildman–Crippen LogP) is 0.846. The molecule has 1 aromatic rings. The van der Waals surface area contributed by atoms with Crippen LogP contribution in [0.15, 0.2) is 30.3 Å². The summed E-state index contributed by atoms with van der Waals surface area (Å²) in [6, 6.07) is 10.8. The van der Waals surface area contributed by atoms with Crippen molar-refractivity contribution in [3.63, 3.8) is 0 Å². The largest absolute Gasteiger partial charge is 0.329 e. The van der Waals surface area contributed by atoms with Crippen LogP contribution in [0.1, 0.15) is 11.5 Å². The van der Waals surface area contributed by atoms with E-state index in [1.165, 1.54) is 0 Å². The van der Waals surface area contributed by atoms with Crippen molar-refractivity contribution in [2.75, 3.05) is 13.1 Å². The molecular formula is C12H11N3O2. The van der Waals surface area contributed by atoms with Crippen molar-refractivity contribution in [3.8, 4) is 6.07 Å². The lowest BCUT2D eigenvalue weighted by molar-refractivity contribution is -0.125. The highest BCUT2D eigenvalue weighted by Gasteiger charge is 2.30. The van der Waals surface area contributed by atoms with E-state index in [0.717, 1.165) is 10.5 Å². The lowest BCUT2D eigenvalue weighted by atomic mass is 10.0. The number of hydrogen-bond acceptors (Lipinski definition) is 3. The zero-order valence-electron chi connectivity index (χ0n) is 9.09. The Balaban J connectivity index is 2.14. The van der Waals surface area contributed by atoms with E-state index in [4.69, 9.17) is 5.26 Å². The zero-order valence-corrected chi connectivity index (χ0v) is 9.09. The molecule has 1 saturated heterocycles. The van der Waals surface area contributed by atoms with Crippen LogP contribution in [0.25, 0.3) is 0 Å². The Morgan fingerprint density at radius 2 is 2.06 bits per heavy atom. The minimum atomic E-state index is -0.482. The molecule has 0 spiro atoms. The van der Waals surface area contributed by atoms with Crippen molar-refractivity contribution in [3.05, 3.63) is 35.9 Å². The third-order valence-electron chi connectivity index (χ3n) is 2.66. The molecule has 1 atom stereocenters. The third kappa shape index (κ3) is 2.26. The van der Waals surface area contributed by atoms with Crippen molar-refractivity contribution in [1.82, 2.24) is 10.2 Å². The van der Waals surface area contributed by atoms with E-state index < -0.39 is 11.9 Å². The number of benzene rings is 1. The van der Waals surface area contributed by atoms with Crippen molar-refractivity contribution in [2.24, 2.45) is 0 Å². The van der Waals surface area contributed by atoms with E-state index in [-0.39, 0.29) is 19.0 Å². The van der Waals surface area contributed by atoms with Crippen molar-refractivity contribution < 1.29 is 9.59 Å². The van der Waals surface area contributed by atoms with Crippen LogP contribution in [0.3, 0.4) is 0 Å². The van der Waals surface area contributed by atoms with Crippen LogP contribution in [0.2, 0.25) is 0 Å². The predicted molar refractivity (Wildman–Crippen MR) is 59.9 cm³/mol. The van der Waals surface area contributed by atoms with Gasteiger partial charge in [-0.15, -0.1) is 0 Å². The normalized spacial score (nSPS) is 16.5. The number of carbonyl (C=O) groups excluding carboxylic acids is 2. The lowest BCUT2D eigenvalue weighted by Crippen LogP contribution is -2.34. The molecule has 5 nitrogen and oxygen atoms in total. The van der Waals surface area contributed by atoms with Crippen molar-refractivity contribution in [2.45, 2.75) is 5.92 Å². The Hall–Kier alpha value is -2.35. The standard InChI is InChI=1S/C12H11N3O2/c13-6-10(9-4-2-1-3-5-9)8-15-11(16)7-14-12(15)17/h1-5,10H,7-8H2,(H,14,17). The van der Waals surface area contributed by atoms with Crippen LogP contribution >= 0.6 is 0 Å². The molecule has 0 radical (unpaired) electrons. The Labute approximate surface area is 98.6 Å². The van der Waals surface area contributed by atoms with Gasteiger partial charge in [-0.2, -0.15) is 5.26 Å². The van der Waals surface area contributed by atoms with Gasteiger partial charge >= 0.3 is 6.03 Å². The maximum Gasteiger partial charge on any atom is 0.324 e. The van der Waals surface area contributed by atoms with Crippen molar-refractivity contribution in [1.29, 1.82) is 5.26 Å². The van der Waals surface area contributed by atoms with Gasteiger partial charge in [-0.3, -0.25) is 9.69 Å². The molecule has 2 rings (SSSR count). The van der Waals surface area contributed by atoms with Gasteiger partial charge in [-0.1, -0.05) is 30.3 Å². The Morgan fingerprint density at radius 1 is 1.35 bits per heavy atom. The van der Waals surface area contributed by atoms with Gasteiger partial charge in [-0.05, 0) is 5.56 Å². The van der Waals surface area contributed by atoms with E-state index in [1.807, 2.05) is 30.3 Å². The van der Waals surface area contributed by atoms with Crippen LogP contribution in [0.5, 0.6) is 0 Å². The second-order valence-electron chi connectivity index (χ2n) is 3.76. The molecule has 0 aliphatic carbocycles. The SMILES string of the molecule is N#CC(CN1C(=O)CNC1=O)c1ccccc1. The molecule has 0 aromatic heterocycles. The Morgan fingerprint density at radius 3 is 2.59 bits per heavy atom. The minimum Gasteiger partial charge on any atom is -0.329 e. The van der Waals surface area contributed by atoms with Gasteiger partial charge < -0.3 is 5.32 Å². The average Bonchev–Trinajstić information content (AvgIpc) is 2.68. The average molecular weight is 229 g/mol. The second-order valence-corrected chi connectivity index (χ2v) is 3.76. The smallest absolute Gasteiger partial charge is 0.324 e. The Bertz CT molecular complexity index is 462. The summed E-state index contributed by atoms with van der Waals surface area (Å²) < 4.78 is 0. The number of nitrogens with one attached hydrogen (secondary N) is 1. The summed E-state index contributed by atoms with van der Waals surface area (Å²) in [7, 11) is 0. The molecule has 17 heavy (non-hydrogen) atoms. The molecule has 1 aliphatic heterocycles. The van der Waals surface area contributed by atoms with Crippen LogP contribution in [0, 0.1) is 11.3 Å². The molecular weight excluding hydrogens is 218 g/mol. The minimum absolute atomic E-state index is 0.0196. The lowest BCUT2D eigenvalue weighted by Gasteiger charge is -2.16. The highest BCUT2D eigenvalue weighted by molar-refractivity contribution is 6.02. The van der Waals surface area contributed by atoms with E-state index in [0.29, 0.717) is 0 Å². The molecule has 86 valence electrons. The molecule has 1 N–H and O–H groups in total. The molecule has 1 heterocycles. The zero-order chi connectivity index (χ0) is 12.3. The number of urea groups is 1. The number of nitriles is 1. The van der Waals surface area contributed by atoms with Crippen LogP contribution < -0.4 is 5.32 Å². The maximum atomic E-state index is 11.4. The first-order valence-electron chi connectivity index (χ1n) is 5.25. The molecule has 1 fully saturated rings. The first-order chi connectivity index (χ1) is 8.22. The molecule has 1 unspecified atom stereocenters. The molecule has 5 heteroatoms. The third-order valence-corrected chi connectivity index (χ3v) is 2.66. The molecule has 0 saturated carbocycles. The number of hydrogen-bond donors (Lipinski definition) is 1. The van der Waals surface area contributed by atoms with E-state index in [2.05, 4.69) is 11.4 Å². The van der Waals surface area contributed by atoms with E-state index in [9.17, 15) is 9.59 Å². The second kappa shape index (κ2) is 4.66. The maximum absolute atomic E-state index is 11.4. The molecule has 3 amide bonds. The fourth-order valence-corrected chi connectivity index (χ4v) is 1.73. The van der Waals surface area contributed by atoms with Crippen molar-refractivity contribution >= 4 is 11.9 Å². The van der Waals surface area contributed by atoms with Gasteiger partial charge in [0.05, 0.1) is 25.1 Å². The number of carbonyl (C=O) groups is 2. The van der Waals surface area contributed by atoms with Gasteiger partial charge in [-0.25, -0.2) is 4.79 Å². The summed E-state index contributed by atoms with van der Waals surface area (Å²) in [6.45, 7) is 0.122. The molecule has 1 aliphatic rings. The van der Waals surface area contributed by atoms with E-state index >= 15 is 0 Å². The summed E-state index contributed by atoms with van der Waals surface area (Å²) in [5.41, 5.74) is 0.808. The Kier molecular flexibility index (Phi) is 3.06. The summed E-state index contributed by atoms with van der Waals surface area (Å²) >= 11 is 0. The molecule has 0 bridgehead atoms. The van der Waals surface area contributed by atoms with Gasteiger partial charge in [0, 0.05) is 0 Å². The first kappa shape index (κ1) is 11.1. The quantitative estimate of drug-likeness (QED) is 0.781. The summed E-state index contributed by atoms with van der Waals surface area (Å²) in [5.74, 6) is -0.768. The van der Waals surface area contributed by atoms with Gasteiger partial charge in [0.15, 0.2) is 0 Å². The molecule has 1 aromatic carbocycles. The number of rotatable bonds is 3. The first-order valence-corrected chi connectivity index (χ1v) is 5.25. The van der Waals surface area contributed by atoms with Gasteiger partial charge in [0.25, 0.3) is 0 Å². The highest BCUT2D eigenvalue weighted by atomic mass is 16.2. The monoisotopic (exact) mass is 229 g/mol. The topological polar surface area (TPSA) is 73.2 Å². The fourth-order valence-electron chi connectivity index (χ4n) is 1.73. The van der Waals surface area contributed by atoms with Crippen LogP contribution in [-0.2, 0) is 4.79 Å². The summed E-state index contributed by atoms with van der Waals surface area (Å²) in [5, 5.41) is 11.5. The number of imide groups is 1.